The minimum absolute atomic E-state index is 0.326. The molecule has 1 aromatic carbocycles. The molecule has 0 amide bonds. The van der Waals surface area contributed by atoms with Crippen LogP contribution in [0.3, 0.4) is 0 Å². The first-order chi connectivity index (χ1) is 7.86. The number of fused-ring (bicyclic) bond motifs is 1. The number of H-pyrrole nitrogens is 1. The molecule has 0 radical (unpaired) electrons. The van der Waals surface area contributed by atoms with Crippen LogP contribution < -0.4 is 5.69 Å². The molecule has 2 aromatic heterocycles. The van der Waals surface area contributed by atoms with Gasteiger partial charge < -0.3 is 0 Å². The molecule has 0 aliphatic rings. The predicted molar refractivity (Wildman–Crippen MR) is 59.0 cm³/mol. The highest BCUT2D eigenvalue weighted by Gasteiger charge is 2.07. The van der Waals surface area contributed by atoms with Gasteiger partial charge in [-0.25, -0.2) is 9.89 Å². The maximum absolute atomic E-state index is 11.3. The van der Waals surface area contributed by atoms with Gasteiger partial charge in [0, 0.05) is 11.8 Å². The van der Waals surface area contributed by atoms with E-state index in [9.17, 15) is 4.79 Å². The first-order valence-electron chi connectivity index (χ1n) is 4.84. The van der Waals surface area contributed by atoms with Crippen LogP contribution in [0.15, 0.2) is 47.4 Å². The van der Waals surface area contributed by atoms with E-state index in [2.05, 4.69) is 15.3 Å². The summed E-state index contributed by atoms with van der Waals surface area (Å²) in [5.74, 6) is 0. The summed E-state index contributed by atoms with van der Waals surface area (Å²) in [6.45, 7) is 0. The third-order valence-corrected chi connectivity index (χ3v) is 2.40. The number of rotatable bonds is 1. The Morgan fingerprint density at radius 2 is 1.94 bits per heavy atom. The number of nitrogens with zero attached hydrogens (tertiary/aromatic N) is 3. The Hall–Kier alpha value is -2.43. The number of nitrogens with one attached hydrogen (secondary N) is 1. The van der Waals surface area contributed by atoms with Crippen molar-refractivity contribution in [3.05, 3.63) is 53.1 Å². The van der Waals surface area contributed by atoms with Crippen LogP contribution in [0.5, 0.6) is 0 Å². The van der Waals surface area contributed by atoms with Crippen molar-refractivity contribution in [3.63, 3.8) is 0 Å². The Kier molecular flexibility index (Phi) is 1.83. The van der Waals surface area contributed by atoms with Crippen LogP contribution >= 0.6 is 0 Å². The molecule has 16 heavy (non-hydrogen) atoms. The maximum atomic E-state index is 11.3. The number of aromatic amines is 1. The molecule has 0 fully saturated rings. The van der Waals surface area contributed by atoms with Gasteiger partial charge in [-0.05, 0) is 11.6 Å². The average molecular weight is 212 g/mol. The van der Waals surface area contributed by atoms with Crippen LogP contribution in [0.25, 0.3) is 16.8 Å². The van der Waals surface area contributed by atoms with Crippen LogP contribution in [0.1, 0.15) is 0 Å². The second-order valence-electron chi connectivity index (χ2n) is 3.38. The highest BCUT2D eigenvalue weighted by atomic mass is 16.2. The summed E-state index contributed by atoms with van der Waals surface area (Å²) >= 11 is 0. The van der Waals surface area contributed by atoms with E-state index in [-0.39, 0.29) is 5.69 Å². The van der Waals surface area contributed by atoms with E-state index in [1.807, 2.05) is 36.4 Å². The SMILES string of the molecule is O=c1[nH]nc2c(-c3ccccc3)ccnn12. The van der Waals surface area contributed by atoms with E-state index >= 15 is 0 Å². The fourth-order valence-electron chi connectivity index (χ4n) is 1.67. The summed E-state index contributed by atoms with van der Waals surface area (Å²) in [6, 6.07) is 11.6. The largest absolute Gasteiger partial charge is 0.364 e. The van der Waals surface area contributed by atoms with Crippen LogP contribution in [0, 0.1) is 0 Å². The summed E-state index contributed by atoms with van der Waals surface area (Å²) in [4.78, 5) is 11.3. The molecular weight excluding hydrogens is 204 g/mol. The monoisotopic (exact) mass is 212 g/mol. The normalized spacial score (nSPS) is 10.8. The molecule has 2 heterocycles. The first kappa shape index (κ1) is 8.84. The summed E-state index contributed by atoms with van der Waals surface area (Å²) in [5.41, 5.74) is 2.11. The second kappa shape index (κ2) is 3.30. The van der Waals surface area contributed by atoms with Crippen molar-refractivity contribution < 1.29 is 0 Å². The third kappa shape index (κ3) is 1.22. The van der Waals surface area contributed by atoms with E-state index < -0.39 is 0 Å². The van der Waals surface area contributed by atoms with Crippen LogP contribution in [0.4, 0.5) is 0 Å². The molecule has 5 nitrogen and oxygen atoms in total. The Morgan fingerprint density at radius 1 is 1.12 bits per heavy atom. The lowest BCUT2D eigenvalue weighted by Gasteiger charge is -2.00. The zero-order valence-corrected chi connectivity index (χ0v) is 8.29. The lowest BCUT2D eigenvalue weighted by molar-refractivity contribution is 0.880. The van der Waals surface area contributed by atoms with Crippen molar-refractivity contribution in [1.29, 1.82) is 0 Å². The third-order valence-electron chi connectivity index (χ3n) is 2.40. The Bertz CT molecular complexity index is 684. The van der Waals surface area contributed by atoms with Crippen molar-refractivity contribution in [2.45, 2.75) is 0 Å². The van der Waals surface area contributed by atoms with Crippen LogP contribution in [-0.4, -0.2) is 19.8 Å². The molecule has 0 bridgehead atoms. The lowest BCUT2D eigenvalue weighted by atomic mass is 10.1. The molecule has 0 aliphatic carbocycles. The first-order valence-corrected chi connectivity index (χ1v) is 4.84. The molecule has 3 aromatic rings. The summed E-state index contributed by atoms with van der Waals surface area (Å²) < 4.78 is 1.25. The van der Waals surface area contributed by atoms with Gasteiger partial charge in [0.25, 0.3) is 0 Å². The van der Waals surface area contributed by atoms with E-state index in [0.29, 0.717) is 5.65 Å². The average Bonchev–Trinajstić information content (AvgIpc) is 2.73. The minimum Gasteiger partial charge on any atom is -0.244 e. The molecular formula is C11H8N4O. The molecule has 1 N–H and O–H groups in total. The smallest absolute Gasteiger partial charge is 0.244 e. The second-order valence-corrected chi connectivity index (χ2v) is 3.38. The summed E-state index contributed by atoms with van der Waals surface area (Å²) in [5, 5.41) is 10.3. The molecule has 0 atom stereocenters. The van der Waals surface area contributed by atoms with Gasteiger partial charge in [-0.2, -0.15) is 14.7 Å². The van der Waals surface area contributed by atoms with E-state index in [1.54, 1.807) is 6.20 Å². The number of hydrogen-bond acceptors (Lipinski definition) is 3. The molecule has 3 rings (SSSR count). The summed E-state index contributed by atoms with van der Waals surface area (Å²) in [6.07, 6.45) is 1.59. The van der Waals surface area contributed by atoms with Crippen molar-refractivity contribution in [2.75, 3.05) is 0 Å². The van der Waals surface area contributed by atoms with Crippen molar-refractivity contribution in [3.8, 4) is 11.1 Å². The minimum atomic E-state index is -0.326. The Morgan fingerprint density at radius 3 is 2.75 bits per heavy atom. The lowest BCUT2D eigenvalue weighted by Crippen LogP contribution is -2.11. The van der Waals surface area contributed by atoms with Gasteiger partial charge in [0.05, 0.1) is 0 Å². The molecule has 0 unspecified atom stereocenters. The fourth-order valence-corrected chi connectivity index (χ4v) is 1.67. The van der Waals surface area contributed by atoms with E-state index in [4.69, 9.17) is 0 Å². The maximum Gasteiger partial charge on any atom is 0.364 e. The van der Waals surface area contributed by atoms with Crippen molar-refractivity contribution in [2.24, 2.45) is 0 Å². The topological polar surface area (TPSA) is 63.0 Å². The number of benzene rings is 1. The Labute approximate surface area is 90.4 Å². The molecule has 0 spiro atoms. The molecule has 0 saturated heterocycles. The standard InChI is InChI=1S/C11H8N4O/c16-11-14-13-10-9(6-7-12-15(10)11)8-4-2-1-3-5-8/h1-7H,(H,14,16). The van der Waals surface area contributed by atoms with Crippen molar-refractivity contribution in [1.82, 2.24) is 19.8 Å². The highest BCUT2D eigenvalue weighted by Crippen LogP contribution is 2.20. The molecule has 0 saturated carbocycles. The number of hydrogen-bond donors (Lipinski definition) is 1. The predicted octanol–water partition coefficient (Wildman–Crippen LogP) is 1.08. The highest BCUT2D eigenvalue weighted by molar-refractivity contribution is 5.76. The van der Waals surface area contributed by atoms with Crippen LogP contribution in [-0.2, 0) is 0 Å². The van der Waals surface area contributed by atoms with Crippen LogP contribution in [0.2, 0.25) is 0 Å². The molecule has 78 valence electrons. The van der Waals surface area contributed by atoms with Gasteiger partial charge in [0.2, 0.25) is 0 Å². The van der Waals surface area contributed by atoms with E-state index in [0.717, 1.165) is 11.1 Å². The van der Waals surface area contributed by atoms with Gasteiger partial charge >= 0.3 is 5.69 Å². The fraction of sp³-hybridized carbons (Fsp3) is 0. The zero-order valence-electron chi connectivity index (χ0n) is 8.29. The van der Waals surface area contributed by atoms with Gasteiger partial charge in [-0.15, -0.1) is 0 Å². The quantitative estimate of drug-likeness (QED) is 0.656. The molecule has 0 aliphatic heterocycles. The van der Waals surface area contributed by atoms with Gasteiger partial charge in [0.15, 0.2) is 5.65 Å². The zero-order chi connectivity index (χ0) is 11.0. The van der Waals surface area contributed by atoms with Gasteiger partial charge in [0.1, 0.15) is 0 Å². The van der Waals surface area contributed by atoms with Gasteiger partial charge in [-0.1, -0.05) is 30.3 Å². The Balaban J connectivity index is 2.37. The molecule has 5 heteroatoms. The number of aromatic nitrogens is 4. The van der Waals surface area contributed by atoms with Crippen molar-refractivity contribution >= 4 is 5.65 Å². The summed E-state index contributed by atoms with van der Waals surface area (Å²) in [7, 11) is 0. The van der Waals surface area contributed by atoms with Gasteiger partial charge in [-0.3, -0.25) is 0 Å². The van der Waals surface area contributed by atoms with E-state index in [1.165, 1.54) is 4.52 Å².